The number of rotatable bonds is 1. The Labute approximate surface area is 60.2 Å². The first-order chi connectivity index (χ1) is 4.30. The molecule has 0 saturated carbocycles. The van der Waals surface area contributed by atoms with Crippen molar-refractivity contribution in [2.45, 2.75) is 12.8 Å². The van der Waals surface area contributed by atoms with Gasteiger partial charge in [-0.15, -0.1) is 0 Å². The maximum Gasteiger partial charge on any atom is 0.140 e. The van der Waals surface area contributed by atoms with E-state index in [-0.39, 0.29) is 11.7 Å². The Morgan fingerprint density at radius 2 is 2.00 bits per heavy atom. The number of hydrogen-bond acceptors (Lipinski definition) is 2. The van der Waals surface area contributed by atoms with Crippen LogP contribution in [0.3, 0.4) is 0 Å². The van der Waals surface area contributed by atoms with Crippen LogP contribution in [0.4, 0.5) is 0 Å². The lowest BCUT2D eigenvalue weighted by Gasteiger charge is -2.17. The summed E-state index contributed by atoms with van der Waals surface area (Å²) in [6, 6.07) is 0. The van der Waals surface area contributed by atoms with Gasteiger partial charge in [0, 0.05) is 12.8 Å². The van der Waals surface area contributed by atoms with Gasteiger partial charge in [-0.2, -0.15) is 11.8 Å². The van der Waals surface area contributed by atoms with Crippen molar-refractivity contribution in [2.75, 3.05) is 11.5 Å². The molecular formula is C7H10OS. The zero-order valence-electron chi connectivity index (χ0n) is 5.30. The second kappa shape index (κ2) is 3.25. The summed E-state index contributed by atoms with van der Waals surface area (Å²) in [5.41, 5.74) is 0. The van der Waals surface area contributed by atoms with Crippen LogP contribution in [0, 0.1) is 12.8 Å². The van der Waals surface area contributed by atoms with Gasteiger partial charge in [-0.05, 0) is 24.3 Å². The number of thioether (sulfide) groups is 1. The van der Waals surface area contributed by atoms with Gasteiger partial charge in [-0.25, -0.2) is 0 Å². The Hall–Kier alpha value is 0.0200. The van der Waals surface area contributed by atoms with E-state index < -0.39 is 0 Å². The molecule has 1 rings (SSSR count). The second-order valence-electron chi connectivity index (χ2n) is 2.29. The Kier molecular flexibility index (Phi) is 2.58. The molecule has 0 aromatic heterocycles. The second-order valence-corrected chi connectivity index (χ2v) is 3.51. The zero-order valence-corrected chi connectivity index (χ0v) is 6.12. The molecule has 1 nitrogen and oxygen atoms in total. The molecule has 1 aliphatic heterocycles. The van der Waals surface area contributed by atoms with Gasteiger partial charge < -0.3 is 0 Å². The fourth-order valence-corrected chi connectivity index (χ4v) is 2.09. The van der Waals surface area contributed by atoms with E-state index in [9.17, 15) is 4.79 Å². The summed E-state index contributed by atoms with van der Waals surface area (Å²) in [5, 5.41) is 0. The minimum atomic E-state index is -0.115. The summed E-state index contributed by atoms with van der Waals surface area (Å²) in [4.78, 5) is 10.6. The predicted molar refractivity (Wildman–Crippen MR) is 39.4 cm³/mol. The van der Waals surface area contributed by atoms with Crippen molar-refractivity contribution in [1.82, 2.24) is 0 Å². The van der Waals surface area contributed by atoms with E-state index in [1.807, 2.05) is 11.8 Å². The van der Waals surface area contributed by atoms with Crippen LogP contribution in [-0.4, -0.2) is 17.3 Å². The maximum atomic E-state index is 10.6. The van der Waals surface area contributed by atoms with Crippen LogP contribution in [0.25, 0.3) is 0 Å². The molecule has 2 radical (unpaired) electrons. The molecule has 0 aromatic carbocycles. The SMILES string of the molecule is [CH]C(=O)C1CCSCC1. The van der Waals surface area contributed by atoms with Crippen LogP contribution in [0.5, 0.6) is 0 Å². The van der Waals surface area contributed by atoms with E-state index in [1.54, 1.807) is 0 Å². The molecule has 1 heterocycles. The van der Waals surface area contributed by atoms with Crippen LogP contribution in [0.15, 0.2) is 0 Å². The number of carbonyl (C=O) groups excluding carboxylic acids is 1. The Morgan fingerprint density at radius 1 is 1.44 bits per heavy atom. The van der Waals surface area contributed by atoms with Gasteiger partial charge in [0.05, 0.1) is 0 Å². The lowest BCUT2D eigenvalue weighted by atomic mass is 9.99. The van der Waals surface area contributed by atoms with Crippen LogP contribution in [-0.2, 0) is 4.79 Å². The Bertz CT molecular complexity index is 105. The van der Waals surface area contributed by atoms with Crippen molar-refractivity contribution >= 4 is 17.5 Å². The van der Waals surface area contributed by atoms with E-state index in [2.05, 4.69) is 0 Å². The third-order valence-corrected chi connectivity index (χ3v) is 2.67. The first kappa shape index (κ1) is 7.13. The molecular weight excluding hydrogens is 132 g/mol. The molecule has 0 spiro atoms. The van der Waals surface area contributed by atoms with Gasteiger partial charge in [-0.3, -0.25) is 4.79 Å². The highest BCUT2D eigenvalue weighted by Gasteiger charge is 2.17. The summed E-state index contributed by atoms with van der Waals surface area (Å²) in [5.74, 6) is 2.27. The Balaban J connectivity index is 2.31. The number of Topliss-reactive ketones (excluding diaryl/α,β-unsaturated/α-hetero) is 1. The van der Waals surface area contributed by atoms with E-state index in [1.165, 1.54) is 0 Å². The third-order valence-electron chi connectivity index (χ3n) is 1.62. The van der Waals surface area contributed by atoms with Gasteiger partial charge in [0.1, 0.15) is 5.78 Å². The minimum Gasteiger partial charge on any atom is -0.299 e. The van der Waals surface area contributed by atoms with Crippen molar-refractivity contribution in [2.24, 2.45) is 5.92 Å². The average molecular weight is 142 g/mol. The Morgan fingerprint density at radius 3 is 2.33 bits per heavy atom. The maximum absolute atomic E-state index is 10.6. The molecule has 1 saturated heterocycles. The largest absolute Gasteiger partial charge is 0.299 e. The first-order valence-corrected chi connectivity index (χ1v) is 4.33. The molecule has 1 aliphatic rings. The lowest BCUT2D eigenvalue weighted by Crippen LogP contribution is -2.16. The number of hydrogen-bond donors (Lipinski definition) is 0. The van der Waals surface area contributed by atoms with Crippen LogP contribution in [0.1, 0.15) is 12.8 Å². The number of ketones is 1. The highest BCUT2D eigenvalue weighted by atomic mass is 32.2. The van der Waals surface area contributed by atoms with Crippen molar-refractivity contribution in [3.63, 3.8) is 0 Å². The molecule has 0 aromatic rings. The van der Waals surface area contributed by atoms with Crippen molar-refractivity contribution < 1.29 is 4.79 Å². The van der Waals surface area contributed by atoms with Crippen LogP contribution in [0.2, 0.25) is 0 Å². The number of carbonyl (C=O) groups is 1. The summed E-state index contributed by atoms with van der Waals surface area (Å²) < 4.78 is 0. The fourth-order valence-electron chi connectivity index (χ4n) is 0.982. The zero-order chi connectivity index (χ0) is 6.69. The lowest BCUT2D eigenvalue weighted by molar-refractivity contribution is -0.118. The average Bonchev–Trinajstić information content (AvgIpc) is 1.90. The van der Waals surface area contributed by atoms with Gasteiger partial charge in [0.2, 0.25) is 0 Å². The molecule has 0 amide bonds. The van der Waals surface area contributed by atoms with Crippen molar-refractivity contribution in [3.05, 3.63) is 6.92 Å². The molecule has 50 valence electrons. The van der Waals surface area contributed by atoms with Gasteiger partial charge in [0.25, 0.3) is 0 Å². The minimum absolute atomic E-state index is 0.115. The summed E-state index contributed by atoms with van der Waals surface area (Å²) in [6.07, 6.45) is 1.97. The molecule has 9 heavy (non-hydrogen) atoms. The summed E-state index contributed by atoms with van der Waals surface area (Å²) in [7, 11) is 0. The molecule has 1 fully saturated rings. The quantitative estimate of drug-likeness (QED) is 0.550. The van der Waals surface area contributed by atoms with Gasteiger partial charge in [-0.1, -0.05) is 0 Å². The highest BCUT2D eigenvalue weighted by molar-refractivity contribution is 7.99. The molecule has 0 aliphatic carbocycles. The van der Waals surface area contributed by atoms with Crippen molar-refractivity contribution in [3.8, 4) is 0 Å². The predicted octanol–water partition coefficient (Wildman–Crippen LogP) is 1.41. The molecule has 2 heteroatoms. The highest BCUT2D eigenvalue weighted by Crippen LogP contribution is 2.22. The van der Waals surface area contributed by atoms with E-state index >= 15 is 0 Å². The summed E-state index contributed by atoms with van der Waals surface area (Å²) in [6.45, 7) is 5.12. The molecule has 0 bridgehead atoms. The monoisotopic (exact) mass is 142 g/mol. The first-order valence-electron chi connectivity index (χ1n) is 3.18. The van der Waals surface area contributed by atoms with Gasteiger partial charge >= 0.3 is 0 Å². The van der Waals surface area contributed by atoms with E-state index in [0.29, 0.717) is 0 Å². The van der Waals surface area contributed by atoms with Crippen molar-refractivity contribution in [1.29, 1.82) is 0 Å². The summed E-state index contributed by atoms with van der Waals surface area (Å²) >= 11 is 1.91. The molecule has 0 N–H and O–H groups in total. The van der Waals surface area contributed by atoms with Crippen LogP contribution < -0.4 is 0 Å². The van der Waals surface area contributed by atoms with E-state index in [4.69, 9.17) is 6.92 Å². The normalized spacial score (nSPS) is 21.9. The molecule has 0 atom stereocenters. The smallest absolute Gasteiger partial charge is 0.140 e. The fraction of sp³-hybridized carbons (Fsp3) is 0.714. The van der Waals surface area contributed by atoms with E-state index in [0.717, 1.165) is 24.3 Å². The third kappa shape index (κ3) is 2.01. The van der Waals surface area contributed by atoms with Crippen LogP contribution >= 0.6 is 11.8 Å². The topological polar surface area (TPSA) is 17.1 Å². The van der Waals surface area contributed by atoms with Gasteiger partial charge in [0.15, 0.2) is 0 Å². The molecule has 0 unspecified atom stereocenters. The standard InChI is InChI=1S/C7H10OS/c1-6(8)7-2-4-9-5-3-7/h1,7H,2-5H2.